The van der Waals surface area contributed by atoms with E-state index < -0.39 is 0 Å². The van der Waals surface area contributed by atoms with E-state index in [9.17, 15) is 4.79 Å². The summed E-state index contributed by atoms with van der Waals surface area (Å²) in [4.78, 5) is 21.7. The summed E-state index contributed by atoms with van der Waals surface area (Å²) in [5.74, 6) is 0.610. The van der Waals surface area contributed by atoms with E-state index in [0.717, 1.165) is 34.8 Å². The van der Waals surface area contributed by atoms with Gasteiger partial charge in [-0.1, -0.05) is 0 Å². The quantitative estimate of drug-likeness (QED) is 0.892. The van der Waals surface area contributed by atoms with Gasteiger partial charge in [0.2, 0.25) is 5.91 Å². The summed E-state index contributed by atoms with van der Waals surface area (Å²) in [6.45, 7) is 0.976. The first kappa shape index (κ1) is 12.6. The number of likely N-dealkylation sites (N-methyl/N-ethyl adjacent to an activating group) is 1. The molecule has 6 heteroatoms. The standard InChI is InChI=1S/C13H15BrN4O/c1-18-6-2-3-10(18)13(19)17-12-11-8(4-5-15-11)9(14)7-16-12/h4-5,7,10,15H,2-3,6H2,1H3,(H,16,17,19)/t10-/m0/s1. The Morgan fingerprint density at radius 3 is 3.21 bits per heavy atom. The van der Waals surface area contributed by atoms with Crippen LogP contribution < -0.4 is 5.32 Å². The molecule has 0 bridgehead atoms. The van der Waals surface area contributed by atoms with E-state index >= 15 is 0 Å². The van der Waals surface area contributed by atoms with Gasteiger partial charge in [-0.3, -0.25) is 9.69 Å². The molecular formula is C13H15BrN4O. The summed E-state index contributed by atoms with van der Waals surface area (Å²) in [7, 11) is 1.98. The second kappa shape index (κ2) is 4.94. The fourth-order valence-corrected chi connectivity index (χ4v) is 2.99. The molecule has 5 nitrogen and oxygen atoms in total. The second-order valence-corrected chi connectivity index (χ2v) is 5.70. The summed E-state index contributed by atoms with van der Waals surface area (Å²) in [6.07, 6.45) is 5.53. The van der Waals surface area contributed by atoms with Crippen LogP contribution in [0.1, 0.15) is 12.8 Å². The zero-order chi connectivity index (χ0) is 13.4. The van der Waals surface area contributed by atoms with E-state index in [1.165, 1.54) is 0 Å². The summed E-state index contributed by atoms with van der Waals surface area (Å²) in [5, 5.41) is 3.95. The van der Waals surface area contributed by atoms with Crippen LogP contribution in [0.3, 0.4) is 0 Å². The lowest BCUT2D eigenvalue weighted by atomic mass is 10.2. The summed E-state index contributed by atoms with van der Waals surface area (Å²) in [5.41, 5.74) is 0.850. The first-order valence-electron chi connectivity index (χ1n) is 6.29. The predicted molar refractivity (Wildman–Crippen MR) is 78.1 cm³/mol. The Balaban J connectivity index is 1.87. The monoisotopic (exact) mass is 322 g/mol. The lowest BCUT2D eigenvalue weighted by Gasteiger charge is -2.18. The van der Waals surface area contributed by atoms with Crippen LogP contribution in [0.5, 0.6) is 0 Å². The molecule has 1 fully saturated rings. The Hall–Kier alpha value is -1.40. The van der Waals surface area contributed by atoms with Crippen LogP contribution in [0.25, 0.3) is 10.9 Å². The minimum absolute atomic E-state index is 0.0192. The van der Waals surface area contributed by atoms with Gasteiger partial charge in [0.05, 0.1) is 11.6 Å². The molecule has 3 heterocycles. The maximum atomic E-state index is 12.3. The number of rotatable bonds is 2. The predicted octanol–water partition coefficient (Wildman–Crippen LogP) is 2.36. The zero-order valence-corrected chi connectivity index (χ0v) is 12.2. The number of carbonyl (C=O) groups excluding carboxylic acids is 1. The number of aromatic nitrogens is 2. The van der Waals surface area contributed by atoms with Crippen LogP contribution in [0, 0.1) is 0 Å². The molecule has 19 heavy (non-hydrogen) atoms. The average molecular weight is 323 g/mol. The molecular weight excluding hydrogens is 308 g/mol. The highest BCUT2D eigenvalue weighted by atomic mass is 79.9. The third kappa shape index (κ3) is 2.26. The van der Waals surface area contributed by atoms with Gasteiger partial charge in [-0.15, -0.1) is 0 Å². The minimum Gasteiger partial charge on any atom is -0.358 e. The maximum absolute atomic E-state index is 12.3. The van der Waals surface area contributed by atoms with Gasteiger partial charge in [0.15, 0.2) is 5.82 Å². The number of pyridine rings is 1. The number of halogens is 1. The number of hydrogen-bond acceptors (Lipinski definition) is 3. The molecule has 1 aliphatic rings. The zero-order valence-electron chi connectivity index (χ0n) is 10.6. The van der Waals surface area contributed by atoms with E-state index in [1.807, 2.05) is 19.3 Å². The van der Waals surface area contributed by atoms with Crippen molar-refractivity contribution >= 4 is 38.6 Å². The highest BCUT2D eigenvalue weighted by Gasteiger charge is 2.28. The van der Waals surface area contributed by atoms with E-state index in [4.69, 9.17) is 0 Å². The number of anilines is 1. The number of H-pyrrole nitrogens is 1. The Morgan fingerprint density at radius 2 is 2.47 bits per heavy atom. The fraction of sp³-hybridized carbons (Fsp3) is 0.385. The van der Waals surface area contributed by atoms with Gasteiger partial charge in [0.25, 0.3) is 0 Å². The molecule has 0 aromatic carbocycles. The van der Waals surface area contributed by atoms with E-state index in [2.05, 4.69) is 36.1 Å². The second-order valence-electron chi connectivity index (χ2n) is 4.85. The number of amides is 1. The van der Waals surface area contributed by atoms with Crippen molar-refractivity contribution in [2.45, 2.75) is 18.9 Å². The SMILES string of the molecule is CN1CCC[C@H]1C(=O)Nc1ncc(Br)c2cc[nH]c12. The molecule has 0 unspecified atom stereocenters. The van der Waals surface area contributed by atoms with E-state index in [-0.39, 0.29) is 11.9 Å². The Labute approximate surface area is 119 Å². The van der Waals surface area contributed by atoms with Gasteiger partial charge in [-0.25, -0.2) is 4.98 Å². The molecule has 0 radical (unpaired) electrons. The van der Waals surface area contributed by atoms with Crippen molar-refractivity contribution < 1.29 is 4.79 Å². The third-order valence-corrected chi connectivity index (χ3v) is 4.24. The number of likely N-dealkylation sites (tertiary alicyclic amines) is 1. The largest absolute Gasteiger partial charge is 0.358 e. The summed E-state index contributed by atoms with van der Waals surface area (Å²) < 4.78 is 0.916. The van der Waals surface area contributed by atoms with Gasteiger partial charge in [0, 0.05) is 22.3 Å². The van der Waals surface area contributed by atoms with Gasteiger partial charge >= 0.3 is 0 Å². The normalized spacial score (nSPS) is 20.0. The first-order chi connectivity index (χ1) is 9.16. The van der Waals surface area contributed by atoms with Gasteiger partial charge in [-0.05, 0) is 48.4 Å². The lowest BCUT2D eigenvalue weighted by molar-refractivity contribution is -0.119. The number of nitrogens with one attached hydrogen (secondary N) is 2. The summed E-state index contributed by atoms with van der Waals surface area (Å²) >= 11 is 3.45. The van der Waals surface area contributed by atoms with Crippen molar-refractivity contribution in [1.29, 1.82) is 0 Å². The molecule has 1 saturated heterocycles. The van der Waals surface area contributed by atoms with Crippen LogP contribution in [0.2, 0.25) is 0 Å². The van der Waals surface area contributed by atoms with E-state index in [0.29, 0.717) is 5.82 Å². The van der Waals surface area contributed by atoms with Crippen molar-refractivity contribution in [1.82, 2.24) is 14.9 Å². The summed E-state index contributed by atoms with van der Waals surface area (Å²) in [6, 6.07) is 1.91. The van der Waals surface area contributed by atoms with Gasteiger partial charge < -0.3 is 10.3 Å². The maximum Gasteiger partial charge on any atom is 0.242 e. The minimum atomic E-state index is -0.0459. The van der Waals surface area contributed by atoms with Crippen molar-refractivity contribution in [2.75, 3.05) is 18.9 Å². The Bertz CT molecular complexity index is 624. The Morgan fingerprint density at radius 1 is 1.63 bits per heavy atom. The molecule has 1 atom stereocenters. The highest BCUT2D eigenvalue weighted by Crippen LogP contribution is 2.27. The van der Waals surface area contributed by atoms with Crippen LogP contribution in [-0.2, 0) is 4.79 Å². The fourth-order valence-electron chi connectivity index (χ4n) is 2.56. The third-order valence-electron chi connectivity index (χ3n) is 3.61. The number of nitrogens with zero attached hydrogens (tertiary/aromatic N) is 2. The molecule has 2 N–H and O–H groups in total. The van der Waals surface area contributed by atoms with Crippen LogP contribution in [0.15, 0.2) is 22.9 Å². The Kier molecular flexibility index (Phi) is 3.28. The van der Waals surface area contributed by atoms with Crippen molar-refractivity contribution in [3.63, 3.8) is 0 Å². The highest BCUT2D eigenvalue weighted by molar-refractivity contribution is 9.10. The molecule has 1 aliphatic heterocycles. The molecule has 100 valence electrons. The van der Waals surface area contributed by atoms with Gasteiger partial charge in [-0.2, -0.15) is 0 Å². The molecule has 3 rings (SSSR count). The molecule has 0 saturated carbocycles. The van der Waals surface area contributed by atoms with Crippen molar-refractivity contribution in [3.05, 3.63) is 22.9 Å². The molecule has 0 aliphatic carbocycles. The number of carbonyl (C=O) groups is 1. The number of aromatic amines is 1. The molecule has 2 aromatic heterocycles. The van der Waals surface area contributed by atoms with Gasteiger partial charge in [0.1, 0.15) is 0 Å². The van der Waals surface area contributed by atoms with Crippen molar-refractivity contribution in [2.24, 2.45) is 0 Å². The molecule has 1 amide bonds. The van der Waals surface area contributed by atoms with Crippen LogP contribution >= 0.6 is 15.9 Å². The molecule has 0 spiro atoms. The first-order valence-corrected chi connectivity index (χ1v) is 7.09. The van der Waals surface area contributed by atoms with Crippen LogP contribution in [-0.4, -0.2) is 40.4 Å². The number of fused-ring (bicyclic) bond motifs is 1. The smallest absolute Gasteiger partial charge is 0.242 e. The average Bonchev–Trinajstić information content (AvgIpc) is 3.01. The topological polar surface area (TPSA) is 61.0 Å². The number of hydrogen-bond donors (Lipinski definition) is 2. The molecule has 2 aromatic rings. The lowest BCUT2D eigenvalue weighted by Crippen LogP contribution is -2.37. The van der Waals surface area contributed by atoms with Crippen molar-refractivity contribution in [3.8, 4) is 0 Å². The van der Waals surface area contributed by atoms with Crippen LogP contribution in [0.4, 0.5) is 5.82 Å². The van der Waals surface area contributed by atoms with E-state index in [1.54, 1.807) is 6.20 Å².